The second-order valence-electron chi connectivity index (χ2n) is 6.37. The number of aromatic nitrogens is 1. The molecule has 1 amide bonds. The minimum Gasteiger partial charge on any atom is -0.497 e. The van der Waals surface area contributed by atoms with Crippen molar-refractivity contribution in [2.45, 2.75) is 18.3 Å². The van der Waals surface area contributed by atoms with Crippen LogP contribution in [-0.4, -0.2) is 18.0 Å². The maximum Gasteiger partial charge on any atom is 0.235 e. The highest BCUT2D eigenvalue weighted by molar-refractivity contribution is 6.04. The minimum atomic E-state index is -1.61. The Morgan fingerprint density at radius 1 is 1.15 bits per heavy atom. The molecule has 26 heavy (non-hydrogen) atoms. The summed E-state index contributed by atoms with van der Waals surface area (Å²) in [4.78, 5) is 15.9. The molecule has 3 aromatic rings. The van der Waals surface area contributed by atoms with Gasteiger partial charge in [0.05, 0.1) is 18.2 Å². The molecular weight excluding hydrogens is 345 g/mol. The third-order valence-electron chi connectivity index (χ3n) is 4.87. The molecule has 134 valence electrons. The number of carbonyl (C=O) groups is 1. The third-order valence-corrected chi connectivity index (χ3v) is 4.87. The van der Waals surface area contributed by atoms with Crippen LogP contribution in [0.2, 0.25) is 0 Å². The maximum atomic E-state index is 13.9. The Morgan fingerprint density at radius 2 is 1.92 bits per heavy atom. The number of anilines is 1. The molecule has 2 N–H and O–H groups in total. The zero-order valence-electron chi connectivity index (χ0n) is 13.8. The number of benzene rings is 2. The summed E-state index contributed by atoms with van der Waals surface area (Å²) in [5, 5.41) is 3.23. The number of hydrogen-bond acceptors (Lipinski definition) is 2. The molecular formula is C19H15F3N2O2. The monoisotopic (exact) mass is 360 g/mol. The minimum absolute atomic E-state index is 0.377. The van der Waals surface area contributed by atoms with Gasteiger partial charge in [0.1, 0.15) is 5.75 Å². The maximum absolute atomic E-state index is 13.9. The standard InChI is InChI=1S/C19H15F3N2O2/c1-26-10-2-4-14-11(8-10)12(9-23-14)19(6-7-19)18(25)24-15-5-3-13(20)16(21)17(15)22/h2-5,8-9,23H,6-7H2,1H3,(H,24,25). The van der Waals surface area contributed by atoms with Gasteiger partial charge in [0.2, 0.25) is 5.91 Å². The van der Waals surface area contributed by atoms with Gasteiger partial charge in [0.25, 0.3) is 0 Å². The number of nitrogens with one attached hydrogen (secondary N) is 2. The summed E-state index contributed by atoms with van der Waals surface area (Å²) in [6.45, 7) is 0. The Bertz CT molecular complexity index is 1030. The van der Waals surface area contributed by atoms with Crippen molar-refractivity contribution in [3.63, 3.8) is 0 Å². The fourth-order valence-corrected chi connectivity index (χ4v) is 3.23. The smallest absolute Gasteiger partial charge is 0.235 e. The highest BCUT2D eigenvalue weighted by Crippen LogP contribution is 2.51. The zero-order valence-corrected chi connectivity index (χ0v) is 13.8. The summed E-state index contributed by atoms with van der Waals surface area (Å²) in [6.07, 6.45) is 2.90. The molecule has 2 aromatic carbocycles. The molecule has 0 bridgehead atoms. The van der Waals surface area contributed by atoms with Gasteiger partial charge in [-0.15, -0.1) is 0 Å². The van der Waals surface area contributed by atoms with Crippen LogP contribution in [0.5, 0.6) is 5.75 Å². The van der Waals surface area contributed by atoms with E-state index < -0.39 is 28.8 Å². The summed E-state index contributed by atoms with van der Waals surface area (Å²) in [7, 11) is 1.55. The van der Waals surface area contributed by atoms with E-state index in [-0.39, 0.29) is 5.69 Å². The SMILES string of the molecule is COc1ccc2[nH]cc(C3(C(=O)Nc4ccc(F)c(F)c4F)CC3)c2c1. The van der Waals surface area contributed by atoms with Crippen LogP contribution in [0.4, 0.5) is 18.9 Å². The van der Waals surface area contributed by atoms with Gasteiger partial charge in [-0.2, -0.15) is 0 Å². The van der Waals surface area contributed by atoms with Crippen LogP contribution in [0.3, 0.4) is 0 Å². The Hall–Kier alpha value is -2.96. The summed E-state index contributed by atoms with van der Waals surface area (Å²) >= 11 is 0. The first kappa shape index (κ1) is 16.5. The van der Waals surface area contributed by atoms with Crippen LogP contribution >= 0.6 is 0 Å². The van der Waals surface area contributed by atoms with E-state index >= 15 is 0 Å². The van der Waals surface area contributed by atoms with Crippen molar-refractivity contribution in [1.82, 2.24) is 4.98 Å². The van der Waals surface area contributed by atoms with Crippen molar-refractivity contribution in [3.05, 3.63) is 59.5 Å². The molecule has 1 aliphatic rings. The summed E-state index contributed by atoms with van der Waals surface area (Å²) in [5.74, 6) is -4.11. The number of ether oxygens (including phenoxy) is 1. The van der Waals surface area contributed by atoms with E-state index in [2.05, 4.69) is 10.3 Å². The van der Waals surface area contributed by atoms with Crippen LogP contribution in [0.1, 0.15) is 18.4 Å². The molecule has 4 rings (SSSR count). The van der Waals surface area contributed by atoms with Gasteiger partial charge in [-0.3, -0.25) is 4.79 Å². The van der Waals surface area contributed by atoms with Crippen LogP contribution in [0.25, 0.3) is 10.9 Å². The predicted octanol–water partition coefficient (Wildman–Crippen LogP) is 4.26. The summed E-state index contributed by atoms with van der Waals surface area (Å²) in [6, 6.07) is 7.27. The van der Waals surface area contributed by atoms with Gasteiger partial charge in [-0.05, 0) is 48.7 Å². The number of fused-ring (bicyclic) bond motifs is 1. The Labute approximate surface area is 147 Å². The van der Waals surface area contributed by atoms with Gasteiger partial charge >= 0.3 is 0 Å². The van der Waals surface area contributed by atoms with Crippen LogP contribution < -0.4 is 10.1 Å². The fraction of sp³-hybridized carbons (Fsp3) is 0.211. The van der Waals surface area contributed by atoms with E-state index in [1.807, 2.05) is 12.1 Å². The van der Waals surface area contributed by atoms with Gasteiger partial charge in [-0.1, -0.05) is 0 Å². The Kier molecular flexibility index (Phi) is 3.68. The quantitative estimate of drug-likeness (QED) is 0.683. The molecule has 7 heteroatoms. The third kappa shape index (κ3) is 2.42. The molecule has 0 radical (unpaired) electrons. The molecule has 1 heterocycles. The number of amides is 1. The topological polar surface area (TPSA) is 54.1 Å². The van der Waals surface area contributed by atoms with E-state index in [0.29, 0.717) is 18.6 Å². The molecule has 0 unspecified atom stereocenters. The molecule has 0 atom stereocenters. The van der Waals surface area contributed by atoms with Gasteiger partial charge in [0.15, 0.2) is 17.5 Å². The number of hydrogen-bond donors (Lipinski definition) is 2. The van der Waals surface area contributed by atoms with Crippen molar-refractivity contribution >= 4 is 22.5 Å². The highest BCUT2D eigenvalue weighted by Gasteiger charge is 2.52. The number of halogens is 3. The molecule has 4 nitrogen and oxygen atoms in total. The molecule has 1 aromatic heterocycles. The van der Waals surface area contributed by atoms with Gasteiger partial charge < -0.3 is 15.0 Å². The largest absolute Gasteiger partial charge is 0.497 e. The Balaban J connectivity index is 1.70. The number of rotatable bonds is 4. The molecule has 0 aliphatic heterocycles. The van der Waals surface area contributed by atoms with Crippen LogP contribution in [-0.2, 0) is 10.2 Å². The van der Waals surface area contributed by atoms with Crippen molar-refractivity contribution < 1.29 is 22.7 Å². The van der Waals surface area contributed by atoms with Gasteiger partial charge in [0, 0.05) is 17.1 Å². The van der Waals surface area contributed by atoms with Crippen molar-refractivity contribution in [1.29, 1.82) is 0 Å². The number of carbonyl (C=O) groups excluding carboxylic acids is 1. The van der Waals surface area contributed by atoms with Crippen molar-refractivity contribution in [2.24, 2.45) is 0 Å². The normalized spacial score (nSPS) is 15.1. The summed E-state index contributed by atoms with van der Waals surface area (Å²) in [5.41, 5.74) is 0.408. The van der Waals surface area contributed by atoms with Crippen LogP contribution in [0.15, 0.2) is 36.5 Å². The number of aromatic amines is 1. The second-order valence-corrected chi connectivity index (χ2v) is 6.37. The van der Waals surface area contributed by atoms with E-state index in [1.165, 1.54) is 0 Å². The van der Waals surface area contributed by atoms with Crippen molar-refractivity contribution in [2.75, 3.05) is 12.4 Å². The van der Waals surface area contributed by atoms with Crippen molar-refractivity contribution in [3.8, 4) is 5.75 Å². The number of methoxy groups -OCH3 is 1. The Morgan fingerprint density at radius 3 is 2.62 bits per heavy atom. The van der Waals surface area contributed by atoms with Crippen LogP contribution in [0, 0.1) is 17.5 Å². The first-order valence-electron chi connectivity index (χ1n) is 8.07. The lowest BCUT2D eigenvalue weighted by Crippen LogP contribution is -2.28. The average molecular weight is 360 g/mol. The van der Waals surface area contributed by atoms with E-state index in [9.17, 15) is 18.0 Å². The second kappa shape index (κ2) is 5.79. The lowest BCUT2D eigenvalue weighted by molar-refractivity contribution is -0.118. The molecule has 1 fully saturated rings. The van der Waals surface area contributed by atoms with Gasteiger partial charge in [-0.25, -0.2) is 13.2 Å². The average Bonchev–Trinajstić information content (AvgIpc) is 3.35. The fourth-order valence-electron chi connectivity index (χ4n) is 3.23. The highest BCUT2D eigenvalue weighted by atomic mass is 19.2. The molecule has 1 saturated carbocycles. The lowest BCUT2D eigenvalue weighted by atomic mass is 9.94. The van der Waals surface area contributed by atoms with E-state index in [4.69, 9.17) is 4.74 Å². The number of H-pyrrole nitrogens is 1. The predicted molar refractivity (Wildman–Crippen MR) is 90.7 cm³/mol. The zero-order chi connectivity index (χ0) is 18.5. The first-order chi connectivity index (χ1) is 12.5. The van der Waals surface area contributed by atoms with E-state index in [0.717, 1.165) is 28.6 Å². The summed E-state index contributed by atoms with van der Waals surface area (Å²) < 4.78 is 45.6. The first-order valence-corrected chi connectivity index (χ1v) is 8.07. The molecule has 0 saturated heterocycles. The van der Waals surface area contributed by atoms with E-state index in [1.54, 1.807) is 19.4 Å². The molecule has 1 aliphatic carbocycles. The lowest BCUT2D eigenvalue weighted by Gasteiger charge is -2.16. The molecule has 0 spiro atoms.